The molecule has 2 rings (SSSR count). The lowest BCUT2D eigenvalue weighted by molar-refractivity contribution is 0.196. The molecule has 0 fully saturated rings. The molecule has 0 aliphatic rings. The van der Waals surface area contributed by atoms with E-state index < -0.39 is 0 Å². The first-order valence-electron chi connectivity index (χ1n) is 4.83. The third-order valence-electron chi connectivity index (χ3n) is 2.29. The van der Waals surface area contributed by atoms with Crippen LogP contribution >= 0.6 is 11.3 Å². The van der Waals surface area contributed by atoms with Crippen molar-refractivity contribution < 1.29 is 5.11 Å². The fraction of sp³-hybridized carbons (Fsp3) is 0.333. The summed E-state index contributed by atoms with van der Waals surface area (Å²) in [4.78, 5) is 1.33. The summed E-state index contributed by atoms with van der Waals surface area (Å²) >= 11 is 1.81. The molecule has 0 saturated carbocycles. The van der Waals surface area contributed by atoms with Gasteiger partial charge in [0.25, 0.3) is 0 Å². The highest BCUT2D eigenvalue weighted by Gasteiger charge is 2.05. The number of hydrogen-bond acceptors (Lipinski definition) is 2. The third-order valence-corrected chi connectivity index (χ3v) is 3.31. The van der Waals surface area contributed by atoms with Gasteiger partial charge in [0, 0.05) is 9.58 Å². The first kappa shape index (κ1) is 9.69. The summed E-state index contributed by atoms with van der Waals surface area (Å²) in [6.07, 6.45) is 0.480. The Labute approximate surface area is 88.0 Å². The van der Waals surface area contributed by atoms with Gasteiger partial charge in [-0.15, -0.1) is 11.3 Å². The SMILES string of the molecule is Cc1cc2c(CC(C)O)cccc2s1. The molecule has 14 heavy (non-hydrogen) atoms. The number of thiophene rings is 1. The second-order valence-corrected chi connectivity index (χ2v) is 5.03. The van der Waals surface area contributed by atoms with Gasteiger partial charge < -0.3 is 5.11 Å². The minimum Gasteiger partial charge on any atom is -0.393 e. The van der Waals surface area contributed by atoms with E-state index in [0.29, 0.717) is 0 Å². The van der Waals surface area contributed by atoms with E-state index in [-0.39, 0.29) is 6.10 Å². The summed E-state index contributed by atoms with van der Waals surface area (Å²) in [6.45, 7) is 3.95. The number of fused-ring (bicyclic) bond motifs is 1. The van der Waals surface area contributed by atoms with E-state index in [4.69, 9.17) is 0 Å². The number of aryl methyl sites for hydroxylation is 1. The van der Waals surface area contributed by atoms with Crippen molar-refractivity contribution in [3.8, 4) is 0 Å². The normalized spacial score (nSPS) is 13.4. The Bertz CT molecular complexity index is 443. The molecule has 1 heterocycles. The fourth-order valence-electron chi connectivity index (χ4n) is 1.74. The van der Waals surface area contributed by atoms with Crippen molar-refractivity contribution in [3.63, 3.8) is 0 Å². The highest BCUT2D eigenvalue weighted by Crippen LogP contribution is 2.28. The molecule has 0 radical (unpaired) electrons. The second-order valence-electron chi connectivity index (χ2n) is 3.74. The van der Waals surface area contributed by atoms with Crippen molar-refractivity contribution in [2.75, 3.05) is 0 Å². The van der Waals surface area contributed by atoms with Crippen LogP contribution in [0, 0.1) is 6.92 Å². The van der Waals surface area contributed by atoms with Gasteiger partial charge in [-0.05, 0) is 43.4 Å². The van der Waals surface area contributed by atoms with Crippen molar-refractivity contribution in [2.45, 2.75) is 26.4 Å². The van der Waals surface area contributed by atoms with Gasteiger partial charge in [0.05, 0.1) is 6.10 Å². The Kier molecular flexibility index (Phi) is 2.57. The van der Waals surface area contributed by atoms with Crippen molar-refractivity contribution in [1.82, 2.24) is 0 Å². The molecule has 2 aromatic rings. The molecule has 1 unspecified atom stereocenters. The van der Waals surface area contributed by atoms with Crippen LogP contribution < -0.4 is 0 Å². The van der Waals surface area contributed by atoms with Crippen LogP contribution in [-0.2, 0) is 6.42 Å². The van der Waals surface area contributed by atoms with E-state index in [1.807, 2.05) is 18.3 Å². The molecule has 0 amide bonds. The average molecular weight is 206 g/mol. The standard InChI is InChI=1S/C12H14OS/c1-8(13)6-10-4-3-5-12-11(10)7-9(2)14-12/h3-5,7-8,13H,6H2,1-2H3. The van der Waals surface area contributed by atoms with Gasteiger partial charge in [-0.2, -0.15) is 0 Å². The number of benzene rings is 1. The highest BCUT2D eigenvalue weighted by molar-refractivity contribution is 7.19. The lowest BCUT2D eigenvalue weighted by Crippen LogP contribution is -2.03. The molecule has 74 valence electrons. The summed E-state index contributed by atoms with van der Waals surface area (Å²) in [5.74, 6) is 0. The second kappa shape index (κ2) is 3.71. The molecule has 1 atom stereocenters. The summed E-state index contributed by atoms with van der Waals surface area (Å²) in [5, 5.41) is 10.7. The Morgan fingerprint density at radius 1 is 1.43 bits per heavy atom. The Morgan fingerprint density at radius 2 is 2.21 bits per heavy atom. The minimum absolute atomic E-state index is 0.263. The van der Waals surface area contributed by atoms with Crippen LogP contribution in [0.2, 0.25) is 0 Å². The first-order valence-corrected chi connectivity index (χ1v) is 5.64. The van der Waals surface area contributed by atoms with Crippen LogP contribution in [0.25, 0.3) is 10.1 Å². The quantitative estimate of drug-likeness (QED) is 0.800. The van der Waals surface area contributed by atoms with Gasteiger partial charge in [0.1, 0.15) is 0 Å². The Morgan fingerprint density at radius 3 is 2.93 bits per heavy atom. The van der Waals surface area contributed by atoms with Gasteiger partial charge in [0.15, 0.2) is 0 Å². The molecule has 1 nitrogen and oxygen atoms in total. The van der Waals surface area contributed by atoms with Gasteiger partial charge in [-0.25, -0.2) is 0 Å². The van der Waals surface area contributed by atoms with Gasteiger partial charge in [0.2, 0.25) is 0 Å². The predicted molar refractivity (Wildman–Crippen MR) is 61.9 cm³/mol. The van der Waals surface area contributed by atoms with Crippen molar-refractivity contribution >= 4 is 21.4 Å². The highest BCUT2D eigenvalue weighted by atomic mass is 32.1. The molecule has 1 aromatic heterocycles. The molecule has 1 N–H and O–H groups in total. The molecular weight excluding hydrogens is 192 g/mol. The maximum Gasteiger partial charge on any atom is 0.0552 e. The maximum absolute atomic E-state index is 9.38. The summed E-state index contributed by atoms with van der Waals surface area (Å²) < 4.78 is 1.32. The zero-order valence-corrected chi connectivity index (χ0v) is 9.27. The van der Waals surface area contributed by atoms with Crippen LogP contribution in [0.15, 0.2) is 24.3 Å². The van der Waals surface area contributed by atoms with Gasteiger partial charge in [-0.1, -0.05) is 12.1 Å². The third kappa shape index (κ3) is 1.81. The van der Waals surface area contributed by atoms with E-state index in [1.54, 1.807) is 0 Å². The Hall–Kier alpha value is -0.860. The topological polar surface area (TPSA) is 20.2 Å². The monoisotopic (exact) mass is 206 g/mol. The van der Waals surface area contributed by atoms with E-state index in [9.17, 15) is 5.11 Å². The number of aliphatic hydroxyl groups is 1. The average Bonchev–Trinajstić information content (AvgIpc) is 2.45. The fourth-order valence-corrected chi connectivity index (χ4v) is 2.71. The van der Waals surface area contributed by atoms with E-state index >= 15 is 0 Å². The molecule has 0 saturated heterocycles. The van der Waals surface area contributed by atoms with Gasteiger partial charge in [-0.3, -0.25) is 0 Å². The summed E-state index contributed by atoms with van der Waals surface area (Å²) in [5.41, 5.74) is 1.25. The molecule has 2 heteroatoms. The number of rotatable bonds is 2. The van der Waals surface area contributed by atoms with Crippen LogP contribution in [0.5, 0.6) is 0 Å². The van der Waals surface area contributed by atoms with Crippen LogP contribution in [-0.4, -0.2) is 11.2 Å². The molecule has 0 spiro atoms. The first-order chi connectivity index (χ1) is 6.66. The zero-order chi connectivity index (χ0) is 10.1. The molecule has 0 bridgehead atoms. The van der Waals surface area contributed by atoms with Crippen LogP contribution in [0.4, 0.5) is 0 Å². The smallest absolute Gasteiger partial charge is 0.0552 e. The number of aliphatic hydroxyl groups excluding tert-OH is 1. The molecular formula is C12H14OS. The lowest BCUT2D eigenvalue weighted by atomic mass is 10.0. The van der Waals surface area contributed by atoms with Gasteiger partial charge >= 0.3 is 0 Å². The van der Waals surface area contributed by atoms with Crippen LogP contribution in [0.1, 0.15) is 17.4 Å². The van der Waals surface area contributed by atoms with Crippen molar-refractivity contribution in [3.05, 3.63) is 34.7 Å². The Balaban J connectivity index is 2.53. The predicted octanol–water partition coefficient (Wildman–Crippen LogP) is 3.13. The van der Waals surface area contributed by atoms with Crippen molar-refractivity contribution in [2.24, 2.45) is 0 Å². The van der Waals surface area contributed by atoms with E-state index in [1.165, 1.54) is 20.5 Å². The molecule has 1 aromatic carbocycles. The lowest BCUT2D eigenvalue weighted by Gasteiger charge is -2.05. The largest absolute Gasteiger partial charge is 0.393 e. The molecule has 0 aliphatic heterocycles. The summed E-state index contributed by atoms with van der Waals surface area (Å²) in [6, 6.07) is 8.51. The number of hydrogen-bond donors (Lipinski definition) is 1. The van der Waals surface area contributed by atoms with Crippen molar-refractivity contribution in [1.29, 1.82) is 0 Å². The minimum atomic E-state index is -0.263. The maximum atomic E-state index is 9.38. The van der Waals surface area contributed by atoms with E-state index in [0.717, 1.165) is 6.42 Å². The van der Waals surface area contributed by atoms with E-state index in [2.05, 4.69) is 31.2 Å². The zero-order valence-electron chi connectivity index (χ0n) is 8.45. The molecule has 0 aliphatic carbocycles. The van der Waals surface area contributed by atoms with Crippen LogP contribution in [0.3, 0.4) is 0 Å². The summed E-state index contributed by atoms with van der Waals surface area (Å²) in [7, 11) is 0.